The average Bonchev–Trinajstić information content (AvgIpc) is 3.41. The van der Waals surface area contributed by atoms with E-state index in [0.29, 0.717) is 18.8 Å². The lowest BCUT2D eigenvalue weighted by Crippen LogP contribution is -2.48. The Labute approximate surface area is 188 Å². The summed E-state index contributed by atoms with van der Waals surface area (Å²) < 4.78 is 30.0. The summed E-state index contributed by atoms with van der Waals surface area (Å²) in [5.74, 6) is 0.0327. The molecular weight excluding hydrogens is 434 g/mol. The number of aryl methyl sites for hydroxylation is 1. The average molecular weight is 466 g/mol. The Morgan fingerprint density at radius 2 is 1.81 bits per heavy atom. The van der Waals surface area contributed by atoms with Gasteiger partial charge < -0.3 is 14.4 Å². The highest BCUT2D eigenvalue weighted by Gasteiger charge is 2.30. The van der Waals surface area contributed by atoms with Gasteiger partial charge in [-0.3, -0.25) is 4.79 Å². The van der Waals surface area contributed by atoms with E-state index < -0.39 is 10.0 Å². The predicted molar refractivity (Wildman–Crippen MR) is 122 cm³/mol. The molecule has 170 valence electrons. The maximum absolute atomic E-state index is 13.4. The van der Waals surface area contributed by atoms with Crippen LogP contribution in [-0.2, 0) is 21.4 Å². The SMILES string of the molecule is CCN1CCN(S(=O)(=O)c2cc(-c3nc(C)cs3)n(CC(=O)N3CCCCC3)c2)CC1. The molecular formula is C21H31N5O3S2. The van der Waals surface area contributed by atoms with E-state index in [1.54, 1.807) is 21.1 Å². The Bertz CT molecular complexity index is 1020. The number of carbonyl (C=O) groups is 1. The molecule has 0 aromatic carbocycles. The summed E-state index contributed by atoms with van der Waals surface area (Å²) in [4.78, 5) is 21.8. The second-order valence-corrected chi connectivity index (χ2v) is 11.1. The van der Waals surface area contributed by atoms with Gasteiger partial charge in [0.25, 0.3) is 0 Å². The number of sulfonamides is 1. The van der Waals surface area contributed by atoms with Crippen LogP contribution in [0.3, 0.4) is 0 Å². The number of piperazine rings is 1. The Morgan fingerprint density at radius 1 is 1.10 bits per heavy atom. The highest BCUT2D eigenvalue weighted by Crippen LogP contribution is 2.30. The fourth-order valence-electron chi connectivity index (χ4n) is 4.23. The molecule has 31 heavy (non-hydrogen) atoms. The molecule has 4 heterocycles. The number of nitrogens with zero attached hydrogens (tertiary/aromatic N) is 5. The third-order valence-corrected chi connectivity index (χ3v) is 8.99. The van der Waals surface area contributed by atoms with Crippen molar-refractivity contribution >= 4 is 27.3 Å². The second kappa shape index (κ2) is 9.40. The summed E-state index contributed by atoms with van der Waals surface area (Å²) in [5, 5.41) is 2.68. The van der Waals surface area contributed by atoms with Gasteiger partial charge in [-0.05, 0) is 38.8 Å². The summed E-state index contributed by atoms with van der Waals surface area (Å²) in [7, 11) is -3.62. The number of aromatic nitrogens is 2. The molecule has 0 saturated carbocycles. The monoisotopic (exact) mass is 465 g/mol. The van der Waals surface area contributed by atoms with Crippen LogP contribution in [0.15, 0.2) is 22.5 Å². The van der Waals surface area contributed by atoms with Crippen LogP contribution < -0.4 is 0 Å². The van der Waals surface area contributed by atoms with E-state index in [1.807, 2.05) is 17.2 Å². The summed E-state index contributed by atoms with van der Waals surface area (Å²) >= 11 is 1.47. The van der Waals surface area contributed by atoms with Gasteiger partial charge in [0.15, 0.2) is 0 Å². The van der Waals surface area contributed by atoms with Crippen LogP contribution in [0.2, 0.25) is 0 Å². The van der Waals surface area contributed by atoms with Crippen LogP contribution in [0.25, 0.3) is 10.7 Å². The maximum atomic E-state index is 13.4. The van der Waals surface area contributed by atoms with Gasteiger partial charge in [0.1, 0.15) is 16.4 Å². The van der Waals surface area contributed by atoms with Gasteiger partial charge in [0.2, 0.25) is 15.9 Å². The first-order valence-electron chi connectivity index (χ1n) is 11.0. The Kier molecular flexibility index (Phi) is 6.80. The molecule has 2 aromatic rings. The lowest BCUT2D eigenvalue weighted by atomic mass is 10.1. The van der Waals surface area contributed by atoms with E-state index in [9.17, 15) is 13.2 Å². The fourth-order valence-corrected chi connectivity index (χ4v) is 6.52. The largest absolute Gasteiger partial charge is 0.341 e. The van der Waals surface area contributed by atoms with Crippen LogP contribution in [0.1, 0.15) is 31.9 Å². The molecule has 0 radical (unpaired) electrons. The quantitative estimate of drug-likeness (QED) is 0.654. The van der Waals surface area contributed by atoms with Crippen molar-refractivity contribution < 1.29 is 13.2 Å². The van der Waals surface area contributed by atoms with Crippen LogP contribution in [0, 0.1) is 6.92 Å². The first-order valence-corrected chi connectivity index (χ1v) is 13.3. The van der Waals surface area contributed by atoms with E-state index in [-0.39, 0.29) is 17.3 Å². The Morgan fingerprint density at radius 3 is 2.42 bits per heavy atom. The van der Waals surface area contributed by atoms with Crippen molar-refractivity contribution in [2.45, 2.75) is 44.6 Å². The summed E-state index contributed by atoms with van der Waals surface area (Å²) in [6.45, 7) is 9.06. The molecule has 2 fully saturated rings. The minimum atomic E-state index is -3.62. The predicted octanol–water partition coefficient (Wildman–Crippen LogP) is 2.26. The highest BCUT2D eigenvalue weighted by molar-refractivity contribution is 7.89. The molecule has 0 aliphatic carbocycles. The molecule has 2 aliphatic rings. The molecule has 0 N–H and O–H groups in total. The number of hydrogen-bond donors (Lipinski definition) is 0. The first-order chi connectivity index (χ1) is 14.9. The highest BCUT2D eigenvalue weighted by atomic mass is 32.2. The first kappa shape index (κ1) is 22.4. The number of hydrogen-bond acceptors (Lipinski definition) is 6. The number of rotatable bonds is 6. The van der Waals surface area contributed by atoms with E-state index in [4.69, 9.17) is 0 Å². The molecule has 2 aromatic heterocycles. The number of carbonyl (C=O) groups excluding carboxylic acids is 1. The van der Waals surface area contributed by atoms with E-state index >= 15 is 0 Å². The fraction of sp³-hybridized carbons (Fsp3) is 0.619. The molecule has 1 amide bonds. The summed E-state index contributed by atoms with van der Waals surface area (Å²) in [5.41, 5.74) is 1.57. The number of likely N-dealkylation sites (N-methyl/N-ethyl adjacent to an activating group) is 1. The lowest BCUT2D eigenvalue weighted by molar-refractivity contribution is -0.132. The molecule has 0 atom stereocenters. The molecule has 2 saturated heterocycles. The second-order valence-electron chi connectivity index (χ2n) is 8.26. The zero-order chi connectivity index (χ0) is 22.0. The van der Waals surface area contributed by atoms with Crippen LogP contribution >= 0.6 is 11.3 Å². The molecule has 0 unspecified atom stereocenters. The third kappa shape index (κ3) is 4.87. The molecule has 8 nitrogen and oxygen atoms in total. The van der Waals surface area contributed by atoms with Crippen molar-refractivity contribution in [1.82, 2.24) is 23.7 Å². The van der Waals surface area contributed by atoms with Crippen molar-refractivity contribution in [3.05, 3.63) is 23.3 Å². The van der Waals surface area contributed by atoms with Gasteiger partial charge in [-0.25, -0.2) is 13.4 Å². The number of thiazole rings is 1. The Hall–Kier alpha value is -1.75. The van der Waals surface area contributed by atoms with Gasteiger partial charge in [0, 0.05) is 56.5 Å². The minimum Gasteiger partial charge on any atom is -0.341 e. The summed E-state index contributed by atoms with van der Waals surface area (Å²) in [6.07, 6.45) is 4.83. The standard InChI is InChI=1S/C21H31N5O3S2/c1-3-23-9-11-26(12-10-23)31(28,29)18-13-19(21-22-17(2)16-30-21)25(14-18)15-20(27)24-7-5-4-6-8-24/h13-14,16H,3-12,15H2,1-2H3. The van der Waals surface area contributed by atoms with Crippen molar-refractivity contribution in [3.63, 3.8) is 0 Å². The van der Waals surface area contributed by atoms with E-state index in [1.165, 1.54) is 11.3 Å². The van der Waals surface area contributed by atoms with Crippen molar-refractivity contribution in [1.29, 1.82) is 0 Å². The van der Waals surface area contributed by atoms with Gasteiger partial charge >= 0.3 is 0 Å². The number of likely N-dealkylation sites (tertiary alicyclic amines) is 1. The normalized spacial score (nSPS) is 19.1. The molecule has 10 heteroatoms. The molecule has 0 spiro atoms. The third-order valence-electron chi connectivity index (χ3n) is 6.14. The van der Waals surface area contributed by atoms with E-state index in [2.05, 4.69) is 16.8 Å². The maximum Gasteiger partial charge on any atom is 0.244 e. The number of amides is 1. The van der Waals surface area contributed by atoms with Crippen molar-refractivity contribution in [2.75, 3.05) is 45.8 Å². The van der Waals surface area contributed by atoms with Crippen LogP contribution in [0.5, 0.6) is 0 Å². The smallest absolute Gasteiger partial charge is 0.244 e. The van der Waals surface area contributed by atoms with Crippen LogP contribution in [0.4, 0.5) is 0 Å². The number of piperidine rings is 1. The summed E-state index contributed by atoms with van der Waals surface area (Å²) in [6, 6.07) is 1.68. The van der Waals surface area contributed by atoms with Gasteiger partial charge in [-0.1, -0.05) is 6.92 Å². The lowest BCUT2D eigenvalue weighted by Gasteiger charge is -2.32. The van der Waals surface area contributed by atoms with E-state index in [0.717, 1.165) is 62.7 Å². The van der Waals surface area contributed by atoms with Crippen molar-refractivity contribution in [2.24, 2.45) is 0 Å². The Balaban J connectivity index is 1.62. The van der Waals surface area contributed by atoms with Crippen LogP contribution in [-0.4, -0.2) is 83.8 Å². The molecule has 4 rings (SSSR count). The van der Waals surface area contributed by atoms with Crippen molar-refractivity contribution in [3.8, 4) is 10.7 Å². The minimum absolute atomic E-state index is 0.0327. The van der Waals surface area contributed by atoms with Gasteiger partial charge in [-0.15, -0.1) is 11.3 Å². The zero-order valence-corrected chi connectivity index (χ0v) is 19.9. The zero-order valence-electron chi connectivity index (χ0n) is 18.3. The topological polar surface area (TPSA) is 78.8 Å². The molecule has 0 bridgehead atoms. The van der Waals surface area contributed by atoms with Gasteiger partial charge in [0.05, 0.1) is 5.69 Å². The van der Waals surface area contributed by atoms with Gasteiger partial charge in [-0.2, -0.15) is 4.31 Å². The molecule has 2 aliphatic heterocycles.